The van der Waals surface area contributed by atoms with Crippen LogP contribution in [0.1, 0.15) is 103 Å². The van der Waals surface area contributed by atoms with Gasteiger partial charge in [0.25, 0.3) is 0 Å². The summed E-state index contributed by atoms with van der Waals surface area (Å²) in [5.41, 5.74) is 0. The smallest absolute Gasteiger partial charge is 0.324 e. The van der Waals surface area contributed by atoms with Gasteiger partial charge in [0.1, 0.15) is 6.10 Å². The zero-order chi connectivity index (χ0) is 24.0. The van der Waals surface area contributed by atoms with Crippen molar-refractivity contribution < 1.29 is 29.1 Å². The van der Waals surface area contributed by atoms with E-state index in [1.165, 1.54) is 0 Å². The Morgan fingerprint density at radius 1 is 0.906 bits per heavy atom. The summed E-state index contributed by atoms with van der Waals surface area (Å²) >= 11 is 0. The third-order valence-electron chi connectivity index (χ3n) is 5.30. The van der Waals surface area contributed by atoms with Crippen LogP contribution in [-0.2, 0) is 24.0 Å². The molecule has 186 valence electrons. The van der Waals surface area contributed by atoms with Gasteiger partial charge in [-0.15, -0.1) is 0 Å². The van der Waals surface area contributed by atoms with Crippen LogP contribution in [0.5, 0.6) is 0 Å². The monoisotopic (exact) mass is 456 g/mol. The van der Waals surface area contributed by atoms with E-state index < -0.39 is 24.1 Å². The van der Waals surface area contributed by atoms with E-state index in [4.69, 9.17) is 10.6 Å². The number of carbonyl (C=O) groups excluding carboxylic acids is 3. The van der Waals surface area contributed by atoms with Crippen molar-refractivity contribution in [1.82, 2.24) is 5.32 Å². The molecule has 32 heavy (non-hydrogen) atoms. The van der Waals surface area contributed by atoms with Crippen LogP contribution in [-0.4, -0.2) is 42.2 Å². The highest BCUT2D eigenvalue weighted by atomic mass is 16.7. The molecular weight excluding hydrogens is 412 g/mol. The Labute approximate surface area is 193 Å². The number of carbonyl (C=O) groups is 3. The number of amides is 1. The van der Waals surface area contributed by atoms with Gasteiger partial charge in [0.05, 0.1) is 6.10 Å². The third-order valence-corrected chi connectivity index (χ3v) is 5.30. The molecule has 0 aliphatic carbocycles. The SMILES string of the molecule is CCCCCC(OC(=O)CCCC(=O)ON)C(O)C/C=C\CCCCCCCC(=O)NC. The molecule has 0 heterocycles. The molecule has 8 nitrogen and oxygen atoms in total. The van der Waals surface area contributed by atoms with Crippen molar-refractivity contribution in [1.29, 1.82) is 0 Å². The fourth-order valence-electron chi connectivity index (χ4n) is 3.30. The highest BCUT2D eigenvalue weighted by Crippen LogP contribution is 2.16. The quantitative estimate of drug-likeness (QED) is 0.110. The lowest BCUT2D eigenvalue weighted by Crippen LogP contribution is -2.31. The number of unbranched alkanes of at least 4 members (excludes halogenated alkanes) is 7. The van der Waals surface area contributed by atoms with Gasteiger partial charge in [0.2, 0.25) is 5.91 Å². The minimum absolute atomic E-state index is 0.0610. The predicted octanol–water partition coefficient (Wildman–Crippen LogP) is 3.85. The van der Waals surface area contributed by atoms with Gasteiger partial charge in [-0.2, -0.15) is 5.90 Å². The summed E-state index contributed by atoms with van der Waals surface area (Å²) in [7, 11) is 1.66. The van der Waals surface area contributed by atoms with Crippen LogP contribution in [0.4, 0.5) is 0 Å². The number of aliphatic hydroxyl groups is 1. The average molecular weight is 457 g/mol. The zero-order valence-electron chi connectivity index (χ0n) is 20.0. The fourth-order valence-corrected chi connectivity index (χ4v) is 3.30. The zero-order valence-corrected chi connectivity index (χ0v) is 20.0. The van der Waals surface area contributed by atoms with Gasteiger partial charge in [0, 0.05) is 26.3 Å². The highest BCUT2D eigenvalue weighted by Gasteiger charge is 2.22. The van der Waals surface area contributed by atoms with Crippen molar-refractivity contribution >= 4 is 17.8 Å². The van der Waals surface area contributed by atoms with Gasteiger partial charge < -0.3 is 20.0 Å². The molecule has 0 aromatic carbocycles. The van der Waals surface area contributed by atoms with Crippen LogP contribution < -0.4 is 11.2 Å². The van der Waals surface area contributed by atoms with Crippen LogP contribution in [0.2, 0.25) is 0 Å². The molecule has 8 heteroatoms. The standard InChI is InChI=1S/C24H44N2O6/c1-3-4-11-16-21(31-23(29)18-14-19-24(30)32-25)20(27)15-12-9-7-5-6-8-10-13-17-22(28)26-2/h9,12,20-21,27H,3-8,10-11,13-19,25H2,1-2H3,(H,26,28)/b12-9-. The number of rotatable bonds is 20. The van der Waals surface area contributed by atoms with Crippen LogP contribution in [0.3, 0.4) is 0 Å². The second-order valence-corrected chi connectivity index (χ2v) is 8.12. The number of hydrogen-bond acceptors (Lipinski definition) is 7. The molecule has 0 fully saturated rings. The summed E-state index contributed by atoms with van der Waals surface area (Å²) in [4.78, 5) is 38.3. The molecule has 0 aliphatic heterocycles. The topological polar surface area (TPSA) is 128 Å². The molecule has 0 saturated carbocycles. The molecule has 0 saturated heterocycles. The summed E-state index contributed by atoms with van der Waals surface area (Å²) in [5.74, 6) is 3.89. The van der Waals surface area contributed by atoms with Crippen molar-refractivity contribution in [3.8, 4) is 0 Å². The maximum Gasteiger partial charge on any atom is 0.324 e. The number of ether oxygens (including phenoxy) is 1. The number of allylic oxidation sites excluding steroid dienone is 1. The predicted molar refractivity (Wildman–Crippen MR) is 124 cm³/mol. The molecule has 2 atom stereocenters. The van der Waals surface area contributed by atoms with Crippen molar-refractivity contribution in [2.24, 2.45) is 5.90 Å². The summed E-state index contributed by atoms with van der Waals surface area (Å²) in [5, 5.41) is 13.2. The third kappa shape index (κ3) is 17.7. The Balaban J connectivity index is 4.16. The minimum Gasteiger partial charge on any atom is -0.460 e. The molecule has 4 N–H and O–H groups in total. The molecule has 0 radical (unpaired) electrons. The van der Waals surface area contributed by atoms with Crippen molar-refractivity contribution in [3.05, 3.63) is 12.2 Å². The second kappa shape index (κ2) is 20.9. The van der Waals surface area contributed by atoms with Gasteiger partial charge >= 0.3 is 11.9 Å². The summed E-state index contributed by atoms with van der Waals surface area (Å²) in [6.07, 6.45) is 14.0. The molecule has 0 aromatic rings. The Morgan fingerprint density at radius 3 is 2.28 bits per heavy atom. The first kappa shape index (κ1) is 30.1. The minimum atomic E-state index is -0.745. The highest BCUT2D eigenvalue weighted by molar-refractivity contribution is 5.75. The van der Waals surface area contributed by atoms with E-state index in [1.807, 2.05) is 6.08 Å². The molecule has 0 bridgehead atoms. The van der Waals surface area contributed by atoms with Crippen LogP contribution in [0.25, 0.3) is 0 Å². The van der Waals surface area contributed by atoms with Crippen LogP contribution in [0.15, 0.2) is 12.2 Å². The normalized spacial score (nSPS) is 13.0. The number of aliphatic hydroxyl groups excluding tert-OH is 1. The van der Waals surface area contributed by atoms with E-state index in [2.05, 4.69) is 23.2 Å². The van der Waals surface area contributed by atoms with Gasteiger partial charge in [-0.25, -0.2) is 0 Å². The van der Waals surface area contributed by atoms with Crippen LogP contribution >= 0.6 is 0 Å². The molecule has 0 aliphatic rings. The molecule has 1 amide bonds. The van der Waals surface area contributed by atoms with E-state index in [0.717, 1.165) is 57.8 Å². The van der Waals surface area contributed by atoms with E-state index in [0.29, 0.717) is 25.7 Å². The number of esters is 1. The fraction of sp³-hybridized carbons (Fsp3) is 0.792. The number of hydrogen-bond donors (Lipinski definition) is 3. The Kier molecular flexibility index (Phi) is 19.7. The van der Waals surface area contributed by atoms with E-state index in [-0.39, 0.29) is 18.7 Å². The summed E-state index contributed by atoms with van der Waals surface area (Å²) < 4.78 is 5.50. The van der Waals surface area contributed by atoms with E-state index >= 15 is 0 Å². The lowest BCUT2D eigenvalue weighted by atomic mass is 10.0. The Hall–Kier alpha value is -1.93. The lowest BCUT2D eigenvalue weighted by Gasteiger charge is -2.22. The van der Waals surface area contributed by atoms with Crippen molar-refractivity contribution in [3.63, 3.8) is 0 Å². The molecule has 2 unspecified atom stereocenters. The molecule has 0 spiro atoms. The Morgan fingerprint density at radius 2 is 1.59 bits per heavy atom. The van der Waals surface area contributed by atoms with Gasteiger partial charge in [0.15, 0.2) is 0 Å². The van der Waals surface area contributed by atoms with Crippen molar-refractivity contribution in [2.75, 3.05) is 7.05 Å². The average Bonchev–Trinajstić information content (AvgIpc) is 2.79. The maximum atomic E-state index is 12.1. The largest absolute Gasteiger partial charge is 0.460 e. The van der Waals surface area contributed by atoms with Gasteiger partial charge in [-0.1, -0.05) is 51.2 Å². The molecule has 0 rings (SSSR count). The summed E-state index contributed by atoms with van der Waals surface area (Å²) in [6, 6.07) is 0. The second-order valence-electron chi connectivity index (χ2n) is 8.12. The first-order valence-electron chi connectivity index (χ1n) is 12.1. The van der Waals surface area contributed by atoms with Crippen molar-refractivity contribution in [2.45, 2.75) is 115 Å². The van der Waals surface area contributed by atoms with Gasteiger partial charge in [-0.05, 0) is 44.9 Å². The lowest BCUT2D eigenvalue weighted by molar-refractivity contribution is -0.156. The first-order valence-corrected chi connectivity index (χ1v) is 12.1. The molecular formula is C24H44N2O6. The van der Waals surface area contributed by atoms with E-state index in [9.17, 15) is 19.5 Å². The summed E-state index contributed by atoms with van der Waals surface area (Å²) in [6.45, 7) is 2.10. The first-order chi connectivity index (χ1) is 15.4. The molecule has 0 aromatic heterocycles. The van der Waals surface area contributed by atoms with E-state index in [1.54, 1.807) is 7.05 Å². The van der Waals surface area contributed by atoms with Gasteiger partial charge in [-0.3, -0.25) is 14.4 Å². The number of nitrogens with two attached hydrogens (primary N) is 1. The van der Waals surface area contributed by atoms with Crippen LogP contribution in [0, 0.1) is 0 Å². The number of nitrogens with one attached hydrogen (secondary N) is 1. The Bertz CT molecular complexity index is 539. The maximum absolute atomic E-state index is 12.1.